The van der Waals surface area contributed by atoms with Crippen molar-refractivity contribution in [1.82, 2.24) is 9.78 Å². The van der Waals surface area contributed by atoms with E-state index >= 15 is 0 Å². The van der Waals surface area contributed by atoms with Crippen LogP contribution in [0.4, 0.5) is 0 Å². The van der Waals surface area contributed by atoms with E-state index in [9.17, 15) is 5.11 Å². The van der Waals surface area contributed by atoms with Crippen molar-refractivity contribution in [2.24, 2.45) is 0 Å². The lowest BCUT2D eigenvalue weighted by Crippen LogP contribution is -2.07. The first-order valence-electron chi connectivity index (χ1n) is 4.96. The molecule has 1 aromatic heterocycles. The van der Waals surface area contributed by atoms with Crippen LogP contribution < -0.4 is 0 Å². The van der Waals surface area contributed by atoms with Crippen LogP contribution in [0.1, 0.15) is 31.7 Å². The van der Waals surface area contributed by atoms with E-state index < -0.39 is 0 Å². The van der Waals surface area contributed by atoms with Gasteiger partial charge in [-0.1, -0.05) is 0 Å². The molecule has 1 atom stereocenters. The molecule has 1 heterocycles. The summed E-state index contributed by atoms with van der Waals surface area (Å²) in [7, 11) is 0. The zero-order valence-corrected chi connectivity index (χ0v) is 10.5. The highest BCUT2D eigenvalue weighted by Gasteiger charge is 2.12. The molecule has 1 rings (SSSR count). The van der Waals surface area contributed by atoms with Crippen LogP contribution in [-0.4, -0.2) is 21.0 Å². The molecule has 0 spiro atoms. The minimum absolute atomic E-state index is 0.248. The maximum Gasteiger partial charge on any atom is 0.0738 e. The van der Waals surface area contributed by atoms with Crippen LogP contribution in [0.5, 0.6) is 0 Å². The monoisotopic (exact) mass is 260 g/mol. The van der Waals surface area contributed by atoms with Crippen molar-refractivity contribution in [3.8, 4) is 0 Å². The average Bonchev–Trinajstić information content (AvgIpc) is 2.40. The number of aliphatic hydroxyl groups excluding tert-OH is 1. The van der Waals surface area contributed by atoms with Crippen molar-refractivity contribution >= 4 is 15.9 Å². The Kier molecular flexibility index (Phi) is 4.13. The van der Waals surface area contributed by atoms with Crippen molar-refractivity contribution in [3.05, 3.63) is 15.9 Å². The molecule has 0 aliphatic heterocycles. The molecule has 1 aromatic rings. The Morgan fingerprint density at radius 3 is 2.71 bits per heavy atom. The summed E-state index contributed by atoms with van der Waals surface area (Å²) in [5, 5.41) is 13.6. The SMILES string of the molecule is CCn1nc(C)c(Br)c1CCC(C)O. The molecule has 1 N–H and O–H groups in total. The maximum atomic E-state index is 9.23. The van der Waals surface area contributed by atoms with Crippen LogP contribution in [0.3, 0.4) is 0 Å². The lowest BCUT2D eigenvalue weighted by atomic mass is 10.1. The van der Waals surface area contributed by atoms with Gasteiger partial charge in [0, 0.05) is 6.54 Å². The number of aliphatic hydroxyl groups is 1. The van der Waals surface area contributed by atoms with Crippen molar-refractivity contribution in [2.45, 2.75) is 46.3 Å². The highest BCUT2D eigenvalue weighted by molar-refractivity contribution is 9.10. The van der Waals surface area contributed by atoms with Gasteiger partial charge in [0.05, 0.1) is 22.0 Å². The lowest BCUT2D eigenvalue weighted by molar-refractivity contribution is 0.184. The van der Waals surface area contributed by atoms with Crippen molar-refractivity contribution < 1.29 is 5.11 Å². The topological polar surface area (TPSA) is 38.0 Å². The molecule has 4 heteroatoms. The number of aryl methyl sites for hydroxylation is 2. The third kappa shape index (κ3) is 2.58. The molecule has 0 aliphatic rings. The molecule has 0 bridgehead atoms. The quantitative estimate of drug-likeness (QED) is 0.903. The van der Waals surface area contributed by atoms with Crippen LogP contribution in [0.25, 0.3) is 0 Å². The van der Waals surface area contributed by atoms with Crippen LogP contribution in [0.2, 0.25) is 0 Å². The van der Waals surface area contributed by atoms with E-state index in [-0.39, 0.29) is 6.10 Å². The molecule has 0 aliphatic carbocycles. The third-order valence-corrected chi connectivity index (χ3v) is 3.28. The van der Waals surface area contributed by atoms with Gasteiger partial charge in [-0.25, -0.2) is 0 Å². The van der Waals surface area contributed by atoms with Crippen molar-refractivity contribution in [1.29, 1.82) is 0 Å². The Hall–Kier alpha value is -0.350. The zero-order chi connectivity index (χ0) is 10.7. The fourth-order valence-electron chi connectivity index (χ4n) is 1.45. The van der Waals surface area contributed by atoms with E-state index in [1.165, 1.54) is 5.69 Å². The van der Waals surface area contributed by atoms with Crippen LogP contribution in [-0.2, 0) is 13.0 Å². The molecule has 3 nitrogen and oxygen atoms in total. The first kappa shape index (κ1) is 11.7. The van der Waals surface area contributed by atoms with E-state index in [0.29, 0.717) is 0 Å². The molecular formula is C10H17BrN2O. The number of aromatic nitrogens is 2. The molecule has 14 heavy (non-hydrogen) atoms. The summed E-state index contributed by atoms with van der Waals surface area (Å²) in [5.41, 5.74) is 2.21. The van der Waals surface area contributed by atoms with Gasteiger partial charge in [0.1, 0.15) is 0 Å². The standard InChI is InChI=1S/C10H17BrN2O/c1-4-13-9(6-5-7(2)14)10(11)8(3)12-13/h7,14H,4-6H2,1-3H3. The summed E-state index contributed by atoms with van der Waals surface area (Å²) < 4.78 is 3.07. The second-order valence-corrected chi connectivity index (χ2v) is 4.34. The summed E-state index contributed by atoms with van der Waals surface area (Å²) in [6.07, 6.45) is 1.40. The number of hydrogen-bond donors (Lipinski definition) is 1. The Balaban J connectivity index is 2.82. The van der Waals surface area contributed by atoms with Gasteiger partial charge in [0.25, 0.3) is 0 Å². The summed E-state index contributed by atoms with van der Waals surface area (Å²) in [6, 6.07) is 0. The minimum atomic E-state index is -0.248. The first-order valence-corrected chi connectivity index (χ1v) is 5.75. The zero-order valence-electron chi connectivity index (χ0n) is 8.92. The average molecular weight is 261 g/mol. The molecule has 0 amide bonds. The third-order valence-electron chi connectivity index (χ3n) is 2.25. The largest absolute Gasteiger partial charge is 0.393 e. The van der Waals surface area contributed by atoms with Gasteiger partial charge in [-0.2, -0.15) is 5.10 Å². The van der Waals surface area contributed by atoms with E-state index in [1.807, 2.05) is 18.5 Å². The van der Waals surface area contributed by atoms with Crippen LogP contribution >= 0.6 is 15.9 Å². The first-order chi connectivity index (χ1) is 6.56. The number of rotatable bonds is 4. The molecular weight excluding hydrogens is 244 g/mol. The fraction of sp³-hybridized carbons (Fsp3) is 0.700. The van der Waals surface area contributed by atoms with E-state index in [1.54, 1.807) is 0 Å². The second kappa shape index (κ2) is 4.94. The normalized spacial score (nSPS) is 13.2. The molecule has 1 unspecified atom stereocenters. The fourth-order valence-corrected chi connectivity index (χ4v) is 1.94. The summed E-state index contributed by atoms with van der Waals surface area (Å²) >= 11 is 3.53. The molecule has 80 valence electrons. The molecule has 0 saturated heterocycles. The van der Waals surface area contributed by atoms with E-state index in [4.69, 9.17) is 0 Å². The summed E-state index contributed by atoms with van der Waals surface area (Å²) in [6.45, 7) is 6.75. The minimum Gasteiger partial charge on any atom is -0.393 e. The van der Waals surface area contributed by atoms with Gasteiger partial charge < -0.3 is 5.11 Å². The highest BCUT2D eigenvalue weighted by atomic mass is 79.9. The van der Waals surface area contributed by atoms with E-state index in [0.717, 1.165) is 29.6 Å². The molecule has 0 aromatic carbocycles. The lowest BCUT2D eigenvalue weighted by Gasteiger charge is -2.06. The van der Waals surface area contributed by atoms with Gasteiger partial charge in [0.15, 0.2) is 0 Å². The smallest absolute Gasteiger partial charge is 0.0738 e. The summed E-state index contributed by atoms with van der Waals surface area (Å²) in [5.74, 6) is 0. The number of nitrogens with zero attached hydrogens (tertiary/aromatic N) is 2. The van der Waals surface area contributed by atoms with Gasteiger partial charge in [0.2, 0.25) is 0 Å². The predicted molar refractivity (Wildman–Crippen MR) is 60.3 cm³/mol. The molecule has 0 saturated carbocycles. The maximum absolute atomic E-state index is 9.23. The highest BCUT2D eigenvalue weighted by Crippen LogP contribution is 2.22. The van der Waals surface area contributed by atoms with Crippen molar-refractivity contribution in [3.63, 3.8) is 0 Å². The van der Waals surface area contributed by atoms with Crippen LogP contribution in [0.15, 0.2) is 4.47 Å². The number of hydrogen-bond acceptors (Lipinski definition) is 2. The van der Waals surface area contributed by atoms with Gasteiger partial charge in [-0.3, -0.25) is 4.68 Å². The molecule has 0 radical (unpaired) electrons. The Labute approximate surface area is 93.3 Å². The Morgan fingerprint density at radius 1 is 1.57 bits per heavy atom. The predicted octanol–water partition coefficient (Wildman–Crippen LogP) is 2.29. The van der Waals surface area contributed by atoms with Crippen LogP contribution in [0, 0.1) is 6.92 Å². The van der Waals surface area contributed by atoms with Crippen molar-refractivity contribution in [2.75, 3.05) is 0 Å². The van der Waals surface area contributed by atoms with E-state index in [2.05, 4.69) is 28.0 Å². The van der Waals surface area contributed by atoms with Gasteiger partial charge >= 0.3 is 0 Å². The second-order valence-electron chi connectivity index (χ2n) is 3.55. The molecule has 0 fully saturated rings. The van der Waals surface area contributed by atoms with Gasteiger partial charge in [-0.05, 0) is 49.5 Å². The Morgan fingerprint density at radius 2 is 2.21 bits per heavy atom. The Bertz CT molecular complexity index is 307. The van der Waals surface area contributed by atoms with Gasteiger partial charge in [-0.15, -0.1) is 0 Å². The summed E-state index contributed by atoms with van der Waals surface area (Å²) in [4.78, 5) is 0. The number of halogens is 1.